The summed E-state index contributed by atoms with van der Waals surface area (Å²) in [4.78, 5) is 0. The van der Waals surface area contributed by atoms with Gasteiger partial charge in [0.05, 0.1) is 11.7 Å². The highest BCUT2D eigenvalue weighted by atomic mass is 16.5. The zero-order valence-electron chi connectivity index (χ0n) is 10.8. The number of nitrogens with two attached hydrogens (primary N) is 1. The second-order valence-electron chi connectivity index (χ2n) is 5.48. The lowest BCUT2D eigenvalue weighted by atomic mass is 9.62. The van der Waals surface area contributed by atoms with Gasteiger partial charge in [-0.2, -0.15) is 0 Å². The summed E-state index contributed by atoms with van der Waals surface area (Å²) in [5.41, 5.74) is 5.16. The van der Waals surface area contributed by atoms with Gasteiger partial charge in [-0.25, -0.2) is 0 Å². The Morgan fingerprint density at radius 2 is 1.94 bits per heavy atom. The third kappa shape index (κ3) is 2.36. The summed E-state index contributed by atoms with van der Waals surface area (Å²) in [5, 5.41) is 11.0. The average Bonchev–Trinajstić information content (AvgIpc) is 2.39. The first-order chi connectivity index (χ1) is 8.16. The molecule has 0 aromatic heterocycles. The fraction of sp³-hybridized carbons (Fsp3) is 1.00. The Balaban J connectivity index is 2.15. The molecular weight excluding hydrogens is 218 g/mol. The van der Waals surface area contributed by atoms with E-state index in [0.717, 1.165) is 38.9 Å². The van der Waals surface area contributed by atoms with Gasteiger partial charge in [-0.05, 0) is 19.3 Å². The van der Waals surface area contributed by atoms with E-state index in [0.29, 0.717) is 19.6 Å². The van der Waals surface area contributed by atoms with Gasteiger partial charge in [-0.1, -0.05) is 6.92 Å². The van der Waals surface area contributed by atoms with Gasteiger partial charge < -0.3 is 20.3 Å². The molecule has 3 N–H and O–H groups in total. The van der Waals surface area contributed by atoms with Crippen molar-refractivity contribution >= 4 is 0 Å². The predicted octanol–water partition coefficient (Wildman–Crippen LogP) is 1.06. The smallest absolute Gasteiger partial charge is 0.0764 e. The molecule has 0 radical (unpaired) electrons. The Hall–Kier alpha value is -0.160. The molecule has 17 heavy (non-hydrogen) atoms. The largest absolute Gasteiger partial charge is 0.389 e. The summed E-state index contributed by atoms with van der Waals surface area (Å²) >= 11 is 0. The maximum absolute atomic E-state index is 11.0. The van der Waals surface area contributed by atoms with Crippen molar-refractivity contribution in [2.75, 3.05) is 26.4 Å². The van der Waals surface area contributed by atoms with E-state index in [1.165, 1.54) is 0 Å². The van der Waals surface area contributed by atoms with Crippen molar-refractivity contribution < 1.29 is 14.6 Å². The summed E-state index contributed by atoms with van der Waals surface area (Å²) in [7, 11) is 0. The van der Waals surface area contributed by atoms with E-state index in [-0.39, 0.29) is 11.5 Å². The van der Waals surface area contributed by atoms with E-state index in [4.69, 9.17) is 15.2 Å². The van der Waals surface area contributed by atoms with Gasteiger partial charge in [0.15, 0.2) is 0 Å². The molecule has 0 spiro atoms. The summed E-state index contributed by atoms with van der Waals surface area (Å²) < 4.78 is 11.1. The maximum Gasteiger partial charge on any atom is 0.0764 e. The summed E-state index contributed by atoms with van der Waals surface area (Å²) in [6.07, 6.45) is 4.31. The molecule has 2 rings (SSSR count). The van der Waals surface area contributed by atoms with Crippen molar-refractivity contribution in [3.8, 4) is 0 Å². The van der Waals surface area contributed by atoms with Crippen LogP contribution in [0.4, 0.5) is 0 Å². The second-order valence-corrected chi connectivity index (χ2v) is 5.48. The molecule has 100 valence electrons. The number of hydrogen-bond donors (Lipinski definition) is 2. The normalized spacial score (nSPS) is 37.9. The highest BCUT2D eigenvalue weighted by Crippen LogP contribution is 2.47. The van der Waals surface area contributed by atoms with Crippen molar-refractivity contribution in [3.05, 3.63) is 0 Å². The third-order valence-corrected chi connectivity index (χ3v) is 4.72. The molecule has 4 heteroatoms. The Morgan fingerprint density at radius 1 is 1.24 bits per heavy atom. The fourth-order valence-electron chi connectivity index (χ4n) is 3.30. The molecule has 2 atom stereocenters. The molecule has 4 nitrogen and oxygen atoms in total. The Labute approximate surface area is 103 Å². The molecule has 2 saturated heterocycles. The molecule has 0 aromatic rings. The molecule has 0 amide bonds. The molecule has 0 aliphatic carbocycles. The monoisotopic (exact) mass is 243 g/mol. The van der Waals surface area contributed by atoms with Gasteiger partial charge in [0.2, 0.25) is 0 Å². The number of aliphatic hydroxyl groups is 1. The molecule has 0 bridgehead atoms. The van der Waals surface area contributed by atoms with E-state index in [2.05, 4.69) is 6.92 Å². The van der Waals surface area contributed by atoms with Crippen molar-refractivity contribution in [1.29, 1.82) is 0 Å². The Morgan fingerprint density at radius 3 is 2.53 bits per heavy atom. The summed E-state index contributed by atoms with van der Waals surface area (Å²) in [5.74, 6) is 0. The SMILES string of the molecule is CCC1CC(O)(C2(CN)CCOCC2)CCO1. The van der Waals surface area contributed by atoms with Crippen molar-refractivity contribution in [3.63, 3.8) is 0 Å². The standard InChI is InChI=1S/C13H25NO3/c1-2-11-9-13(15,5-8-17-11)12(10-14)3-6-16-7-4-12/h11,15H,2-10,14H2,1H3. The first kappa shape index (κ1) is 13.3. The molecule has 0 aromatic carbocycles. The van der Waals surface area contributed by atoms with Crippen LogP contribution in [0.15, 0.2) is 0 Å². The molecular formula is C13H25NO3. The van der Waals surface area contributed by atoms with Gasteiger partial charge in [0.25, 0.3) is 0 Å². The number of ether oxygens (including phenoxy) is 2. The van der Waals surface area contributed by atoms with Crippen LogP contribution >= 0.6 is 0 Å². The first-order valence-corrected chi connectivity index (χ1v) is 6.77. The zero-order chi connectivity index (χ0) is 12.4. The van der Waals surface area contributed by atoms with E-state index in [1.807, 2.05) is 0 Å². The highest BCUT2D eigenvalue weighted by Gasteiger charge is 2.52. The molecule has 2 aliphatic rings. The minimum Gasteiger partial charge on any atom is -0.389 e. The third-order valence-electron chi connectivity index (χ3n) is 4.72. The Kier molecular flexibility index (Phi) is 4.08. The van der Waals surface area contributed by atoms with Crippen molar-refractivity contribution in [1.82, 2.24) is 0 Å². The number of hydrogen-bond acceptors (Lipinski definition) is 4. The maximum atomic E-state index is 11.0. The van der Waals surface area contributed by atoms with Gasteiger partial charge in [-0.15, -0.1) is 0 Å². The van der Waals surface area contributed by atoms with E-state index < -0.39 is 5.60 Å². The molecule has 0 saturated carbocycles. The van der Waals surface area contributed by atoms with Crippen LogP contribution < -0.4 is 5.73 Å². The topological polar surface area (TPSA) is 64.7 Å². The minimum atomic E-state index is -0.662. The lowest BCUT2D eigenvalue weighted by Crippen LogP contribution is -2.59. The highest BCUT2D eigenvalue weighted by molar-refractivity contribution is 5.03. The van der Waals surface area contributed by atoms with Gasteiger partial charge in [-0.3, -0.25) is 0 Å². The van der Waals surface area contributed by atoms with Gasteiger partial charge >= 0.3 is 0 Å². The average molecular weight is 243 g/mol. The van der Waals surface area contributed by atoms with Crippen LogP contribution in [-0.2, 0) is 9.47 Å². The van der Waals surface area contributed by atoms with Crippen LogP contribution in [0.3, 0.4) is 0 Å². The Bertz CT molecular complexity index is 253. The molecule has 2 unspecified atom stereocenters. The van der Waals surface area contributed by atoms with Gasteiger partial charge in [0, 0.05) is 44.6 Å². The lowest BCUT2D eigenvalue weighted by Gasteiger charge is -2.52. The summed E-state index contributed by atoms with van der Waals surface area (Å²) in [6.45, 7) is 4.74. The first-order valence-electron chi connectivity index (χ1n) is 6.77. The molecule has 2 fully saturated rings. The van der Waals surface area contributed by atoms with Crippen LogP contribution in [0.2, 0.25) is 0 Å². The van der Waals surface area contributed by atoms with E-state index in [9.17, 15) is 5.11 Å². The number of rotatable bonds is 3. The predicted molar refractivity (Wildman–Crippen MR) is 65.8 cm³/mol. The zero-order valence-corrected chi connectivity index (χ0v) is 10.8. The van der Waals surface area contributed by atoms with Crippen LogP contribution in [0.5, 0.6) is 0 Å². The van der Waals surface area contributed by atoms with E-state index in [1.54, 1.807) is 0 Å². The summed E-state index contributed by atoms with van der Waals surface area (Å²) in [6, 6.07) is 0. The lowest BCUT2D eigenvalue weighted by molar-refractivity contribution is -0.188. The van der Waals surface area contributed by atoms with Crippen LogP contribution in [0.1, 0.15) is 39.0 Å². The van der Waals surface area contributed by atoms with Crippen LogP contribution in [0, 0.1) is 5.41 Å². The molecule has 2 heterocycles. The fourth-order valence-corrected chi connectivity index (χ4v) is 3.30. The van der Waals surface area contributed by atoms with Gasteiger partial charge in [0.1, 0.15) is 0 Å². The van der Waals surface area contributed by atoms with E-state index >= 15 is 0 Å². The van der Waals surface area contributed by atoms with Crippen LogP contribution in [-0.4, -0.2) is 43.2 Å². The minimum absolute atomic E-state index is 0.164. The quantitative estimate of drug-likeness (QED) is 0.778. The van der Waals surface area contributed by atoms with Crippen molar-refractivity contribution in [2.45, 2.75) is 50.7 Å². The molecule has 2 aliphatic heterocycles. The van der Waals surface area contributed by atoms with Crippen molar-refractivity contribution in [2.24, 2.45) is 11.1 Å². The van der Waals surface area contributed by atoms with Crippen LogP contribution in [0.25, 0.3) is 0 Å². The second kappa shape index (κ2) is 5.22.